The van der Waals surface area contributed by atoms with E-state index >= 15 is 0 Å². The summed E-state index contributed by atoms with van der Waals surface area (Å²) >= 11 is 0. The van der Waals surface area contributed by atoms with Gasteiger partial charge < -0.3 is 10.2 Å². The quantitative estimate of drug-likeness (QED) is 0.189. The van der Waals surface area contributed by atoms with E-state index in [2.05, 4.69) is 18.6 Å². The van der Waals surface area contributed by atoms with Crippen molar-refractivity contribution < 1.29 is 19.8 Å². The molecule has 0 atom stereocenters. The number of carbonyl (C=O) groups is 2. The van der Waals surface area contributed by atoms with E-state index in [1.54, 1.807) is 0 Å². The number of unbranched alkanes of at least 4 members (excludes halogenated alkanes) is 8. The van der Waals surface area contributed by atoms with Gasteiger partial charge in [-0.25, -0.2) is 0 Å². The second-order valence-electron chi connectivity index (χ2n) is 4.85. The van der Waals surface area contributed by atoms with Gasteiger partial charge in [0.05, 0.1) is 0 Å². The van der Waals surface area contributed by atoms with Crippen molar-refractivity contribution in [1.29, 1.82) is 0 Å². The molecule has 20 heavy (non-hydrogen) atoms. The van der Waals surface area contributed by atoms with E-state index in [0.29, 0.717) is 6.42 Å². The third-order valence-corrected chi connectivity index (χ3v) is 3.19. The molecule has 0 bridgehead atoms. The number of hydrazine groups is 1. The van der Waals surface area contributed by atoms with Gasteiger partial charge in [-0.2, -0.15) is 0 Å². The lowest BCUT2D eigenvalue weighted by Crippen LogP contribution is -2.23. The molecule has 0 fully saturated rings. The molecule has 6 nitrogen and oxygen atoms in total. The molecule has 0 aliphatic heterocycles. The summed E-state index contributed by atoms with van der Waals surface area (Å²) in [6, 6.07) is 0. The first-order chi connectivity index (χ1) is 9.59. The summed E-state index contributed by atoms with van der Waals surface area (Å²) in [5.74, 6) is 4.33. The van der Waals surface area contributed by atoms with Gasteiger partial charge in [-0.1, -0.05) is 64.7 Å². The van der Waals surface area contributed by atoms with Gasteiger partial charge in [0.2, 0.25) is 0 Å². The molecule has 0 saturated carbocycles. The van der Waals surface area contributed by atoms with Crippen molar-refractivity contribution in [3.63, 3.8) is 0 Å². The van der Waals surface area contributed by atoms with E-state index in [1.807, 2.05) is 0 Å². The van der Waals surface area contributed by atoms with E-state index in [4.69, 9.17) is 10.2 Å². The minimum atomic E-state index is -1.23. The highest BCUT2D eigenvalue weighted by atomic mass is 16.4. The van der Waals surface area contributed by atoms with Crippen LogP contribution in [-0.4, -0.2) is 22.2 Å². The lowest BCUT2D eigenvalue weighted by Gasteiger charge is -2.06. The summed E-state index contributed by atoms with van der Waals surface area (Å²) in [6.45, 7) is 2.20. The zero-order valence-electron chi connectivity index (χ0n) is 12.5. The SMILES string of the molecule is CCCCCCCCCCCC(C(=O)O)C(=O)O.NN. The standard InChI is InChI=1S/C14H26O4.H4N2/c1-2-3-4-5-6-7-8-9-10-11-12(13(15)16)14(17)18;1-2/h12H,2-11H2,1H3,(H,15,16)(H,17,18);1-2H2. The fourth-order valence-corrected chi connectivity index (χ4v) is 2.01. The maximum Gasteiger partial charge on any atom is 0.317 e. The third kappa shape index (κ3) is 13.3. The van der Waals surface area contributed by atoms with Gasteiger partial charge in [-0.3, -0.25) is 21.3 Å². The van der Waals surface area contributed by atoms with Crippen LogP contribution in [0.5, 0.6) is 0 Å². The molecule has 6 heteroatoms. The van der Waals surface area contributed by atoms with Gasteiger partial charge in [0.15, 0.2) is 5.92 Å². The number of nitrogens with two attached hydrogens (primary N) is 2. The van der Waals surface area contributed by atoms with E-state index in [-0.39, 0.29) is 6.42 Å². The van der Waals surface area contributed by atoms with Gasteiger partial charge >= 0.3 is 11.9 Å². The van der Waals surface area contributed by atoms with E-state index in [0.717, 1.165) is 12.8 Å². The smallest absolute Gasteiger partial charge is 0.317 e. The van der Waals surface area contributed by atoms with Crippen LogP contribution in [0.15, 0.2) is 0 Å². The molecule has 120 valence electrons. The second-order valence-corrected chi connectivity index (χ2v) is 4.85. The summed E-state index contributed by atoms with van der Waals surface area (Å²) in [5, 5.41) is 17.4. The zero-order valence-corrected chi connectivity index (χ0v) is 12.5. The monoisotopic (exact) mass is 290 g/mol. The predicted octanol–water partition coefficient (Wildman–Crippen LogP) is 2.51. The Morgan fingerprint density at radius 2 is 1.15 bits per heavy atom. The van der Waals surface area contributed by atoms with Gasteiger partial charge in [0.25, 0.3) is 0 Å². The summed E-state index contributed by atoms with van der Waals surface area (Å²) < 4.78 is 0. The first-order valence-electron chi connectivity index (χ1n) is 7.38. The summed E-state index contributed by atoms with van der Waals surface area (Å²) in [6.07, 6.45) is 10.5. The Morgan fingerprint density at radius 1 is 0.800 bits per heavy atom. The van der Waals surface area contributed by atoms with Crippen molar-refractivity contribution in [3.05, 3.63) is 0 Å². The summed E-state index contributed by atoms with van der Waals surface area (Å²) in [4.78, 5) is 21.3. The lowest BCUT2D eigenvalue weighted by atomic mass is 10.00. The number of hydrogen-bond acceptors (Lipinski definition) is 4. The van der Waals surface area contributed by atoms with Crippen LogP contribution in [0.2, 0.25) is 0 Å². The first kappa shape index (κ1) is 21.2. The third-order valence-electron chi connectivity index (χ3n) is 3.19. The van der Waals surface area contributed by atoms with Crippen LogP contribution in [0.1, 0.15) is 71.1 Å². The Morgan fingerprint density at radius 3 is 1.50 bits per heavy atom. The Labute approximate surface area is 121 Å². The van der Waals surface area contributed by atoms with E-state index in [9.17, 15) is 9.59 Å². The summed E-state index contributed by atoms with van der Waals surface area (Å²) in [7, 11) is 0. The van der Waals surface area contributed by atoms with E-state index in [1.165, 1.54) is 38.5 Å². The molecule has 0 rings (SSSR count). The molecule has 0 unspecified atom stereocenters. The molecule has 0 aromatic heterocycles. The average Bonchev–Trinajstić information content (AvgIpc) is 2.42. The van der Waals surface area contributed by atoms with Crippen LogP contribution in [0.3, 0.4) is 0 Å². The van der Waals surface area contributed by atoms with Gasteiger partial charge in [-0.15, -0.1) is 0 Å². The zero-order chi connectivity index (χ0) is 15.8. The highest BCUT2D eigenvalue weighted by Gasteiger charge is 2.24. The van der Waals surface area contributed by atoms with Crippen molar-refractivity contribution in [2.45, 2.75) is 71.1 Å². The highest BCUT2D eigenvalue weighted by Crippen LogP contribution is 2.14. The van der Waals surface area contributed by atoms with Crippen molar-refractivity contribution in [1.82, 2.24) is 0 Å². The molecular formula is C14H30N2O4. The van der Waals surface area contributed by atoms with Crippen LogP contribution in [0.4, 0.5) is 0 Å². The molecule has 0 aliphatic carbocycles. The van der Waals surface area contributed by atoms with Gasteiger partial charge in [0.1, 0.15) is 0 Å². The predicted molar refractivity (Wildman–Crippen MR) is 79.0 cm³/mol. The Hall–Kier alpha value is -1.14. The van der Waals surface area contributed by atoms with Crippen molar-refractivity contribution >= 4 is 11.9 Å². The number of rotatable bonds is 12. The lowest BCUT2D eigenvalue weighted by molar-refractivity contribution is -0.154. The van der Waals surface area contributed by atoms with Crippen LogP contribution in [0.25, 0.3) is 0 Å². The van der Waals surface area contributed by atoms with Crippen molar-refractivity contribution in [3.8, 4) is 0 Å². The van der Waals surface area contributed by atoms with Gasteiger partial charge in [0, 0.05) is 0 Å². The van der Waals surface area contributed by atoms with Gasteiger partial charge in [-0.05, 0) is 6.42 Å². The Kier molecular flexibility index (Phi) is 16.8. The molecule has 0 saturated heterocycles. The van der Waals surface area contributed by atoms with Crippen LogP contribution in [0, 0.1) is 5.92 Å². The van der Waals surface area contributed by atoms with Crippen molar-refractivity contribution in [2.75, 3.05) is 0 Å². The summed E-state index contributed by atoms with van der Waals surface area (Å²) in [5.41, 5.74) is 0. The van der Waals surface area contributed by atoms with Crippen molar-refractivity contribution in [2.24, 2.45) is 17.6 Å². The topological polar surface area (TPSA) is 127 Å². The Balaban J connectivity index is 0. The molecular weight excluding hydrogens is 260 g/mol. The number of aliphatic carboxylic acids is 2. The molecule has 0 amide bonds. The molecule has 0 aromatic rings. The fourth-order valence-electron chi connectivity index (χ4n) is 2.01. The molecule has 0 aromatic carbocycles. The van der Waals surface area contributed by atoms with Crippen LogP contribution in [-0.2, 0) is 9.59 Å². The minimum absolute atomic E-state index is 0.250. The molecule has 0 radical (unpaired) electrons. The number of carboxylic acids is 2. The Bertz CT molecular complexity index is 233. The molecule has 0 heterocycles. The van der Waals surface area contributed by atoms with E-state index < -0.39 is 17.9 Å². The van der Waals surface area contributed by atoms with Crippen LogP contribution < -0.4 is 11.7 Å². The first-order valence-corrected chi connectivity index (χ1v) is 7.38. The maximum absolute atomic E-state index is 10.6. The number of hydrogen-bond donors (Lipinski definition) is 4. The largest absolute Gasteiger partial charge is 0.481 e. The maximum atomic E-state index is 10.6. The minimum Gasteiger partial charge on any atom is -0.481 e. The highest BCUT2D eigenvalue weighted by molar-refractivity contribution is 5.92. The molecule has 0 spiro atoms. The average molecular weight is 290 g/mol. The normalized spacial score (nSPS) is 10.0. The van der Waals surface area contributed by atoms with Crippen LogP contribution >= 0.6 is 0 Å². The fraction of sp³-hybridized carbons (Fsp3) is 0.857. The second kappa shape index (κ2) is 15.9. The number of carboxylic acid groups (broad SMARTS) is 2. The molecule has 0 aliphatic rings. The molecule has 6 N–H and O–H groups in total.